The zero-order valence-electron chi connectivity index (χ0n) is 12.2. The Bertz CT molecular complexity index is 539. The second-order valence-corrected chi connectivity index (χ2v) is 6.28. The van der Waals surface area contributed by atoms with Gasteiger partial charge in [-0.25, -0.2) is 4.39 Å². The minimum absolute atomic E-state index is 0.0275. The van der Waals surface area contributed by atoms with Crippen LogP contribution in [0, 0.1) is 17.7 Å². The van der Waals surface area contributed by atoms with E-state index in [0.717, 1.165) is 25.7 Å². The van der Waals surface area contributed by atoms with Crippen LogP contribution in [0.1, 0.15) is 43.7 Å². The first-order valence-corrected chi connectivity index (χ1v) is 7.74. The van der Waals surface area contributed by atoms with Gasteiger partial charge in [0.05, 0.1) is 0 Å². The first-order valence-electron chi connectivity index (χ1n) is 7.33. The van der Waals surface area contributed by atoms with Crippen LogP contribution in [0.4, 0.5) is 4.39 Å². The summed E-state index contributed by atoms with van der Waals surface area (Å²) in [6.45, 7) is 2.42. The smallest absolute Gasteiger partial charge is 0.223 e. The van der Waals surface area contributed by atoms with E-state index in [1.54, 1.807) is 12.1 Å². The monoisotopic (exact) mass is 308 g/mol. The fourth-order valence-corrected chi connectivity index (χ4v) is 2.82. The average molecular weight is 308 g/mol. The molecular weight excluding hydrogens is 287 g/mol. The van der Waals surface area contributed by atoms with E-state index in [1.165, 1.54) is 6.07 Å². The number of hydrogen-bond donors (Lipinski definition) is 2. The highest BCUT2D eigenvalue weighted by molar-refractivity contribution is 7.80. The summed E-state index contributed by atoms with van der Waals surface area (Å²) >= 11 is 4.81. The zero-order valence-corrected chi connectivity index (χ0v) is 13.0. The van der Waals surface area contributed by atoms with Gasteiger partial charge in [0.2, 0.25) is 5.91 Å². The maximum atomic E-state index is 13.9. The van der Waals surface area contributed by atoms with Crippen molar-refractivity contribution in [1.82, 2.24) is 5.32 Å². The molecule has 1 aromatic carbocycles. The van der Waals surface area contributed by atoms with Crippen LogP contribution in [-0.2, 0) is 11.3 Å². The van der Waals surface area contributed by atoms with Gasteiger partial charge in [-0.05, 0) is 37.7 Å². The van der Waals surface area contributed by atoms with E-state index >= 15 is 0 Å². The minimum Gasteiger partial charge on any atom is -0.389 e. The standard InChI is InChI=1S/C16H21FN2OS/c1-10-2-4-11(5-3-10)16(20)19-9-13-7-6-12(15(18)21)8-14(13)17/h6-8,10-11H,2-5,9H2,1H3,(H2,18,21)(H,19,20). The summed E-state index contributed by atoms with van der Waals surface area (Å²) in [7, 11) is 0. The predicted octanol–water partition coefficient (Wildman–Crippen LogP) is 2.90. The molecule has 0 unspecified atom stereocenters. The Balaban J connectivity index is 1.91. The van der Waals surface area contributed by atoms with Gasteiger partial charge in [-0.15, -0.1) is 0 Å². The Morgan fingerprint density at radius 1 is 1.38 bits per heavy atom. The van der Waals surface area contributed by atoms with Crippen molar-refractivity contribution in [3.63, 3.8) is 0 Å². The Morgan fingerprint density at radius 3 is 2.62 bits per heavy atom. The largest absolute Gasteiger partial charge is 0.389 e. The lowest BCUT2D eigenvalue weighted by molar-refractivity contribution is -0.126. The highest BCUT2D eigenvalue weighted by atomic mass is 32.1. The molecule has 114 valence electrons. The summed E-state index contributed by atoms with van der Waals surface area (Å²) in [4.78, 5) is 12.3. The molecule has 0 bridgehead atoms. The lowest BCUT2D eigenvalue weighted by Gasteiger charge is -2.25. The van der Waals surface area contributed by atoms with Crippen LogP contribution in [0.5, 0.6) is 0 Å². The number of hydrogen-bond acceptors (Lipinski definition) is 2. The molecule has 2 rings (SSSR count). The van der Waals surface area contributed by atoms with Crippen LogP contribution in [0.25, 0.3) is 0 Å². The van der Waals surface area contributed by atoms with E-state index in [9.17, 15) is 9.18 Å². The van der Waals surface area contributed by atoms with E-state index in [0.29, 0.717) is 17.0 Å². The fourth-order valence-electron chi connectivity index (χ4n) is 2.69. The summed E-state index contributed by atoms with van der Waals surface area (Å²) in [5.41, 5.74) is 6.41. The van der Waals surface area contributed by atoms with Crippen LogP contribution in [0.15, 0.2) is 18.2 Å². The van der Waals surface area contributed by atoms with Gasteiger partial charge >= 0.3 is 0 Å². The van der Waals surface area contributed by atoms with Gasteiger partial charge in [-0.3, -0.25) is 4.79 Å². The Morgan fingerprint density at radius 2 is 2.05 bits per heavy atom. The molecule has 0 aliphatic heterocycles. The molecule has 3 nitrogen and oxygen atoms in total. The molecule has 21 heavy (non-hydrogen) atoms. The van der Waals surface area contributed by atoms with E-state index in [-0.39, 0.29) is 23.4 Å². The van der Waals surface area contributed by atoms with Crippen molar-refractivity contribution in [2.24, 2.45) is 17.6 Å². The highest BCUT2D eigenvalue weighted by Gasteiger charge is 2.24. The lowest BCUT2D eigenvalue weighted by atomic mass is 9.82. The Hall–Kier alpha value is -1.49. The summed E-state index contributed by atoms with van der Waals surface area (Å²) < 4.78 is 13.9. The van der Waals surface area contributed by atoms with Crippen molar-refractivity contribution in [1.29, 1.82) is 0 Å². The molecule has 3 N–H and O–H groups in total. The molecule has 1 fully saturated rings. The van der Waals surface area contributed by atoms with E-state index in [1.807, 2.05) is 0 Å². The van der Waals surface area contributed by atoms with Crippen LogP contribution >= 0.6 is 12.2 Å². The molecule has 0 heterocycles. The van der Waals surface area contributed by atoms with Gasteiger partial charge in [0.1, 0.15) is 10.8 Å². The summed E-state index contributed by atoms with van der Waals surface area (Å²) in [5, 5.41) is 2.83. The molecule has 0 radical (unpaired) electrons. The third kappa shape index (κ3) is 4.24. The Labute approximate surface area is 130 Å². The first kappa shape index (κ1) is 15.9. The second kappa shape index (κ2) is 6.98. The number of carbonyl (C=O) groups excluding carboxylic acids is 1. The van der Waals surface area contributed by atoms with Gasteiger partial charge in [0, 0.05) is 23.6 Å². The molecule has 0 aromatic heterocycles. The average Bonchev–Trinajstić information content (AvgIpc) is 2.46. The van der Waals surface area contributed by atoms with Crippen molar-refractivity contribution in [3.05, 3.63) is 35.1 Å². The number of thiocarbonyl (C=S) groups is 1. The molecule has 1 saturated carbocycles. The number of halogens is 1. The van der Waals surface area contributed by atoms with Crippen LogP contribution in [0.2, 0.25) is 0 Å². The van der Waals surface area contributed by atoms with Crippen molar-refractivity contribution in [2.45, 2.75) is 39.2 Å². The van der Waals surface area contributed by atoms with Crippen molar-refractivity contribution in [2.75, 3.05) is 0 Å². The predicted molar refractivity (Wildman–Crippen MR) is 85.3 cm³/mol. The molecule has 1 aliphatic rings. The van der Waals surface area contributed by atoms with E-state index in [4.69, 9.17) is 18.0 Å². The highest BCUT2D eigenvalue weighted by Crippen LogP contribution is 2.28. The summed E-state index contributed by atoms with van der Waals surface area (Å²) in [6.07, 6.45) is 4.04. The molecule has 1 amide bonds. The fraction of sp³-hybridized carbons (Fsp3) is 0.500. The van der Waals surface area contributed by atoms with Gasteiger partial charge < -0.3 is 11.1 Å². The third-order valence-corrected chi connectivity index (χ3v) is 4.41. The zero-order chi connectivity index (χ0) is 15.4. The Kier molecular flexibility index (Phi) is 5.28. The van der Waals surface area contributed by atoms with Gasteiger partial charge in [-0.1, -0.05) is 31.3 Å². The topological polar surface area (TPSA) is 55.1 Å². The normalized spacial score (nSPS) is 21.8. The van der Waals surface area contributed by atoms with Crippen molar-refractivity contribution in [3.8, 4) is 0 Å². The van der Waals surface area contributed by atoms with Gasteiger partial charge in [-0.2, -0.15) is 0 Å². The maximum absolute atomic E-state index is 13.9. The molecule has 0 saturated heterocycles. The molecule has 5 heteroatoms. The number of rotatable bonds is 4. The number of nitrogens with one attached hydrogen (secondary N) is 1. The first-order chi connectivity index (χ1) is 9.97. The van der Waals surface area contributed by atoms with E-state index in [2.05, 4.69) is 12.2 Å². The van der Waals surface area contributed by atoms with Crippen LogP contribution < -0.4 is 11.1 Å². The molecular formula is C16H21FN2OS. The van der Waals surface area contributed by atoms with Gasteiger partial charge in [0.15, 0.2) is 0 Å². The quantitative estimate of drug-likeness (QED) is 0.841. The van der Waals surface area contributed by atoms with Gasteiger partial charge in [0.25, 0.3) is 0 Å². The molecule has 1 aromatic rings. The van der Waals surface area contributed by atoms with Crippen molar-refractivity contribution >= 4 is 23.1 Å². The molecule has 0 spiro atoms. The minimum atomic E-state index is -0.391. The number of carbonyl (C=O) groups is 1. The van der Waals surface area contributed by atoms with E-state index < -0.39 is 5.82 Å². The number of benzene rings is 1. The SMILES string of the molecule is CC1CCC(C(=O)NCc2ccc(C(N)=S)cc2F)CC1. The van der Waals surface area contributed by atoms with Crippen molar-refractivity contribution < 1.29 is 9.18 Å². The third-order valence-electron chi connectivity index (χ3n) is 4.18. The number of amides is 1. The lowest BCUT2D eigenvalue weighted by Crippen LogP contribution is -2.32. The molecule has 1 aliphatic carbocycles. The summed E-state index contributed by atoms with van der Waals surface area (Å²) in [5.74, 6) is 0.414. The molecule has 0 atom stereocenters. The summed E-state index contributed by atoms with van der Waals surface area (Å²) in [6, 6.07) is 4.61. The number of nitrogens with two attached hydrogens (primary N) is 1. The van der Waals surface area contributed by atoms with Crippen LogP contribution in [-0.4, -0.2) is 10.9 Å². The van der Waals surface area contributed by atoms with Crippen LogP contribution in [0.3, 0.4) is 0 Å². The second-order valence-electron chi connectivity index (χ2n) is 5.85. The maximum Gasteiger partial charge on any atom is 0.223 e.